The molecule has 0 spiro atoms. The standard InChI is InChI=1S/C34H50O15/c1-7-9-11-42-31-27(46-21-37-3)17-25(18-28(31)47-22-38-4)33(35)44-15-13-41-14-16-45-34(36)26-19-29(48-23-39-5)32(43-12-10-8-2)30(20-26)49-24-40-6/h17-20H,7-16,21-24H2,1-6H3. The smallest absolute Gasteiger partial charge is 0.338 e. The molecule has 15 nitrogen and oxygen atoms in total. The number of methoxy groups -OCH3 is 4. The van der Waals surface area contributed by atoms with Crippen LogP contribution < -0.4 is 28.4 Å². The molecule has 0 atom stereocenters. The van der Waals surface area contributed by atoms with Crippen molar-refractivity contribution in [3.8, 4) is 34.5 Å². The molecule has 2 aromatic rings. The molecule has 2 rings (SSSR count). The Bertz CT molecular complexity index is 1080. The number of unbranched alkanes of at least 4 members (excludes halogenated alkanes) is 2. The molecule has 0 radical (unpaired) electrons. The number of rotatable bonds is 28. The van der Waals surface area contributed by atoms with Gasteiger partial charge in [0.05, 0.1) is 37.6 Å². The number of carbonyl (C=O) groups excluding carboxylic acids is 2. The molecule has 15 heteroatoms. The van der Waals surface area contributed by atoms with E-state index in [0.717, 1.165) is 25.7 Å². The Hall–Kier alpha value is -4.02. The minimum absolute atomic E-state index is 0.0510. The van der Waals surface area contributed by atoms with Crippen LogP contribution in [-0.4, -0.2) is 107 Å². The third-order valence-corrected chi connectivity index (χ3v) is 6.25. The average Bonchev–Trinajstić information content (AvgIpc) is 3.11. The van der Waals surface area contributed by atoms with Crippen LogP contribution in [0, 0.1) is 0 Å². The van der Waals surface area contributed by atoms with Crippen molar-refractivity contribution < 1.29 is 71.2 Å². The first-order valence-corrected chi connectivity index (χ1v) is 15.9. The minimum Gasteiger partial charge on any atom is -0.486 e. The fourth-order valence-corrected chi connectivity index (χ4v) is 3.88. The molecule has 0 saturated carbocycles. The first kappa shape index (κ1) is 41.2. The summed E-state index contributed by atoms with van der Waals surface area (Å²) in [6, 6.07) is 5.96. The van der Waals surface area contributed by atoms with Crippen molar-refractivity contribution in [3.63, 3.8) is 0 Å². The highest BCUT2D eigenvalue weighted by Gasteiger charge is 2.21. The Kier molecular flexibility index (Phi) is 21.0. The van der Waals surface area contributed by atoms with E-state index in [9.17, 15) is 9.59 Å². The number of ether oxygens (including phenoxy) is 13. The van der Waals surface area contributed by atoms with Crippen LogP contribution in [0.5, 0.6) is 34.5 Å². The Balaban J connectivity index is 1.96. The van der Waals surface area contributed by atoms with Crippen LogP contribution in [0.1, 0.15) is 60.2 Å². The van der Waals surface area contributed by atoms with Crippen molar-refractivity contribution in [2.75, 3.05) is 95.3 Å². The largest absolute Gasteiger partial charge is 0.486 e. The maximum Gasteiger partial charge on any atom is 0.338 e. The number of esters is 2. The van der Waals surface area contributed by atoms with Gasteiger partial charge in [0.1, 0.15) is 13.2 Å². The van der Waals surface area contributed by atoms with Crippen molar-refractivity contribution in [2.24, 2.45) is 0 Å². The van der Waals surface area contributed by atoms with Gasteiger partial charge in [-0.15, -0.1) is 0 Å². The number of carbonyl (C=O) groups is 2. The van der Waals surface area contributed by atoms with Gasteiger partial charge in [-0.2, -0.15) is 0 Å². The molecule has 0 amide bonds. The van der Waals surface area contributed by atoms with Gasteiger partial charge in [-0.05, 0) is 37.1 Å². The predicted octanol–water partition coefficient (Wildman–Crippen LogP) is 5.01. The second-order valence-corrected chi connectivity index (χ2v) is 10.1. The number of hydrogen-bond donors (Lipinski definition) is 0. The number of benzene rings is 2. The molecule has 0 unspecified atom stereocenters. The summed E-state index contributed by atoms with van der Waals surface area (Å²) in [5.41, 5.74) is 0.330. The molecule has 0 bridgehead atoms. The molecular weight excluding hydrogens is 648 g/mol. The van der Waals surface area contributed by atoms with E-state index >= 15 is 0 Å². The van der Waals surface area contributed by atoms with Gasteiger partial charge in [-0.1, -0.05) is 26.7 Å². The lowest BCUT2D eigenvalue weighted by Gasteiger charge is -2.18. The summed E-state index contributed by atoms with van der Waals surface area (Å²) in [5.74, 6) is 0.390. The van der Waals surface area contributed by atoms with Gasteiger partial charge in [-0.25, -0.2) is 9.59 Å². The molecule has 0 fully saturated rings. The van der Waals surface area contributed by atoms with E-state index in [0.29, 0.717) is 24.7 Å². The first-order chi connectivity index (χ1) is 23.9. The predicted molar refractivity (Wildman–Crippen MR) is 175 cm³/mol. The van der Waals surface area contributed by atoms with Crippen LogP contribution >= 0.6 is 0 Å². The van der Waals surface area contributed by atoms with E-state index in [1.807, 2.05) is 13.8 Å². The zero-order valence-electron chi connectivity index (χ0n) is 29.3. The van der Waals surface area contributed by atoms with Gasteiger partial charge in [0.2, 0.25) is 11.5 Å². The maximum absolute atomic E-state index is 12.9. The summed E-state index contributed by atoms with van der Waals surface area (Å²) in [6.45, 7) is 4.61. The summed E-state index contributed by atoms with van der Waals surface area (Å²) in [7, 11) is 5.91. The van der Waals surface area contributed by atoms with Crippen molar-refractivity contribution in [3.05, 3.63) is 35.4 Å². The van der Waals surface area contributed by atoms with E-state index in [-0.39, 0.29) is 87.7 Å². The SMILES string of the molecule is CCCCOc1c(OCOC)cc(C(=O)OCCOCCOC(=O)c2cc(OCOC)c(OCCCC)c(OCOC)c2)cc1OCOC. The lowest BCUT2D eigenvalue weighted by atomic mass is 10.2. The fraction of sp³-hybridized carbons (Fsp3) is 0.588. The third-order valence-electron chi connectivity index (χ3n) is 6.25. The molecule has 0 aromatic heterocycles. The van der Waals surface area contributed by atoms with Gasteiger partial charge >= 0.3 is 11.9 Å². The summed E-state index contributed by atoms with van der Waals surface area (Å²) in [6.07, 6.45) is 3.48. The Morgan fingerprint density at radius 3 is 1.08 bits per heavy atom. The quantitative estimate of drug-likeness (QED) is 0.0664. The number of hydrogen-bond acceptors (Lipinski definition) is 15. The van der Waals surface area contributed by atoms with Crippen LogP contribution in [0.4, 0.5) is 0 Å². The van der Waals surface area contributed by atoms with E-state index in [1.165, 1.54) is 52.7 Å². The Morgan fingerprint density at radius 2 is 0.796 bits per heavy atom. The molecule has 276 valence electrons. The van der Waals surface area contributed by atoms with E-state index in [4.69, 9.17) is 61.6 Å². The van der Waals surface area contributed by atoms with Gasteiger partial charge in [0.15, 0.2) is 50.2 Å². The molecule has 0 aliphatic carbocycles. The van der Waals surface area contributed by atoms with Crippen LogP contribution in [0.25, 0.3) is 0 Å². The zero-order valence-corrected chi connectivity index (χ0v) is 29.3. The Morgan fingerprint density at radius 1 is 0.469 bits per heavy atom. The van der Waals surface area contributed by atoms with Crippen molar-refractivity contribution >= 4 is 11.9 Å². The third kappa shape index (κ3) is 15.0. The zero-order chi connectivity index (χ0) is 35.7. The van der Waals surface area contributed by atoms with Crippen molar-refractivity contribution in [1.82, 2.24) is 0 Å². The van der Waals surface area contributed by atoms with Gasteiger partial charge in [0.25, 0.3) is 0 Å². The van der Waals surface area contributed by atoms with E-state index in [1.54, 1.807) is 0 Å². The topological polar surface area (TPSA) is 154 Å². The highest BCUT2D eigenvalue weighted by Crippen LogP contribution is 2.40. The van der Waals surface area contributed by atoms with E-state index in [2.05, 4.69) is 0 Å². The molecule has 49 heavy (non-hydrogen) atoms. The van der Waals surface area contributed by atoms with Crippen molar-refractivity contribution in [2.45, 2.75) is 39.5 Å². The lowest BCUT2D eigenvalue weighted by molar-refractivity contribution is 0.0145. The summed E-state index contributed by atoms with van der Waals surface area (Å²) < 4.78 is 70.7. The summed E-state index contributed by atoms with van der Waals surface area (Å²) >= 11 is 0. The summed E-state index contributed by atoms with van der Waals surface area (Å²) in [4.78, 5) is 25.8. The second kappa shape index (κ2) is 25.0. The van der Waals surface area contributed by atoms with Gasteiger partial charge in [0, 0.05) is 28.4 Å². The molecule has 0 saturated heterocycles. The maximum atomic E-state index is 12.9. The normalized spacial score (nSPS) is 10.7. The fourth-order valence-electron chi connectivity index (χ4n) is 3.88. The van der Waals surface area contributed by atoms with E-state index < -0.39 is 11.9 Å². The molecule has 0 heterocycles. The molecule has 0 N–H and O–H groups in total. The summed E-state index contributed by atoms with van der Waals surface area (Å²) in [5, 5.41) is 0. The van der Waals surface area contributed by atoms with Crippen LogP contribution in [0.15, 0.2) is 24.3 Å². The monoisotopic (exact) mass is 698 g/mol. The lowest BCUT2D eigenvalue weighted by Crippen LogP contribution is -2.16. The van der Waals surface area contributed by atoms with Gasteiger partial charge < -0.3 is 61.6 Å². The van der Waals surface area contributed by atoms with Crippen LogP contribution in [0.3, 0.4) is 0 Å². The second-order valence-electron chi connectivity index (χ2n) is 10.1. The van der Waals surface area contributed by atoms with Gasteiger partial charge in [-0.3, -0.25) is 0 Å². The highest BCUT2D eigenvalue weighted by atomic mass is 16.7. The molecule has 2 aromatic carbocycles. The van der Waals surface area contributed by atoms with Crippen molar-refractivity contribution in [1.29, 1.82) is 0 Å². The average molecular weight is 699 g/mol. The highest BCUT2D eigenvalue weighted by molar-refractivity contribution is 5.91. The van der Waals surface area contributed by atoms with Crippen LogP contribution in [0.2, 0.25) is 0 Å². The minimum atomic E-state index is -0.639. The molecular formula is C34H50O15. The van der Waals surface area contributed by atoms with Crippen LogP contribution in [-0.2, 0) is 33.2 Å². The molecule has 0 aliphatic heterocycles. The molecule has 0 aliphatic rings. The Labute approximate surface area is 287 Å². The first-order valence-electron chi connectivity index (χ1n) is 15.9.